The summed E-state index contributed by atoms with van der Waals surface area (Å²) in [6, 6.07) is 12.3. The summed E-state index contributed by atoms with van der Waals surface area (Å²) in [6.45, 7) is -0.563. The summed E-state index contributed by atoms with van der Waals surface area (Å²) in [7, 11) is -3.57. The second kappa shape index (κ2) is 5.06. The van der Waals surface area contributed by atoms with Crippen LogP contribution in [0.25, 0.3) is 10.8 Å². The van der Waals surface area contributed by atoms with Crippen LogP contribution in [-0.2, 0) is 9.84 Å². The van der Waals surface area contributed by atoms with Crippen molar-refractivity contribution in [2.75, 3.05) is 12.4 Å². The lowest BCUT2D eigenvalue weighted by molar-refractivity contribution is 0.112. The fourth-order valence-corrected chi connectivity index (χ4v) is 3.15. The largest absolute Gasteiger partial charge is 0.394 e. The van der Waals surface area contributed by atoms with E-state index in [0.717, 1.165) is 10.8 Å². The lowest BCUT2D eigenvalue weighted by atomic mass is 10.1. The van der Waals surface area contributed by atoms with Crippen LogP contribution in [0.2, 0.25) is 0 Å². The lowest BCUT2D eigenvalue weighted by Crippen LogP contribution is -2.24. The number of aliphatic hydroxyl groups excluding tert-OH is 2. The Hall–Kier alpha value is -1.43. The number of benzene rings is 2. The van der Waals surface area contributed by atoms with E-state index in [4.69, 9.17) is 5.11 Å². The normalized spacial score (nSPS) is 13.7. The van der Waals surface area contributed by atoms with E-state index in [9.17, 15) is 13.5 Å². The smallest absolute Gasteiger partial charge is 0.181 e. The van der Waals surface area contributed by atoms with Crippen LogP contribution < -0.4 is 0 Å². The molecule has 96 valence electrons. The molecule has 4 nitrogen and oxygen atoms in total. The van der Waals surface area contributed by atoms with Crippen LogP contribution in [0.5, 0.6) is 0 Å². The highest BCUT2D eigenvalue weighted by Gasteiger charge is 2.19. The molecule has 0 aliphatic carbocycles. The second-order valence-electron chi connectivity index (χ2n) is 4.13. The van der Waals surface area contributed by atoms with Gasteiger partial charge in [0, 0.05) is 0 Å². The molecular formula is C13H14O4S. The van der Waals surface area contributed by atoms with Crippen molar-refractivity contribution in [1.82, 2.24) is 0 Å². The molecule has 0 aliphatic rings. The first kappa shape index (κ1) is 13.0. The van der Waals surface area contributed by atoms with Gasteiger partial charge in [-0.15, -0.1) is 0 Å². The average Bonchev–Trinajstić information content (AvgIpc) is 2.37. The van der Waals surface area contributed by atoms with E-state index in [1.54, 1.807) is 12.1 Å². The van der Waals surface area contributed by atoms with Crippen molar-refractivity contribution in [3.63, 3.8) is 0 Å². The molecule has 0 spiro atoms. The van der Waals surface area contributed by atoms with Crippen LogP contribution in [0.15, 0.2) is 47.4 Å². The van der Waals surface area contributed by atoms with Crippen LogP contribution in [0, 0.1) is 0 Å². The summed E-state index contributed by atoms with van der Waals surface area (Å²) >= 11 is 0. The van der Waals surface area contributed by atoms with Gasteiger partial charge >= 0.3 is 0 Å². The van der Waals surface area contributed by atoms with E-state index < -0.39 is 28.3 Å². The SMILES string of the molecule is O=S(=O)(C[C@H](O)CO)c1ccc2ccccc2c1. The van der Waals surface area contributed by atoms with Gasteiger partial charge in [-0.25, -0.2) is 8.42 Å². The molecule has 0 saturated heterocycles. The van der Waals surface area contributed by atoms with E-state index in [-0.39, 0.29) is 4.90 Å². The van der Waals surface area contributed by atoms with Crippen LogP contribution >= 0.6 is 0 Å². The molecule has 0 amide bonds. The summed E-state index contributed by atoms with van der Waals surface area (Å²) in [5, 5.41) is 19.7. The zero-order valence-corrected chi connectivity index (χ0v) is 10.5. The molecule has 2 N–H and O–H groups in total. The zero-order valence-electron chi connectivity index (χ0n) is 9.65. The van der Waals surface area contributed by atoms with Crippen LogP contribution in [0.3, 0.4) is 0 Å². The van der Waals surface area contributed by atoms with E-state index in [0.29, 0.717) is 0 Å². The zero-order chi connectivity index (χ0) is 13.2. The number of hydrogen-bond donors (Lipinski definition) is 2. The van der Waals surface area contributed by atoms with E-state index in [1.165, 1.54) is 6.07 Å². The molecule has 0 heterocycles. The number of rotatable bonds is 4. The Labute approximate surface area is 105 Å². The van der Waals surface area contributed by atoms with Crippen molar-refractivity contribution in [3.8, 4) is 0 Å². The van der Waals surface area contributed by atoms with Crippen LogP contribution in [0.4, 0.5) is 0 Å². The maximum absolute atomic E-state index is 12.0. The van der Waals surface area contributed by atoms with Crippen molar-refractivity contribution < 1.29 is 18.6 Å². The van der Waals surface area contributed by atoms with Gasteiger partial charge in [-0.3, -0.25) is 0 Å². The molecule has 2 aromatic carbocycles. The Balaban J connectivity index is 2.41. The third-order valence-electron chi connectivity index (χ3n) is 2.70. The number of hydrogen-bond acceptors (Lipinski definition) is 4. The van der Waals surface area contributed by atoms with Gasteiger partial charge < -0.3 is 10.2 Å². The molecule has 0 bridgehead atoms. The standard InChI is InChI=1S/C13H14O4S/c14-8-12(15)9-18(16,17)13-6-5-10-3-1-2-4-11(10)7-13/h1-7,12,14-15H,8-9H2/t12-/m1/s1. The quantitative estimate of drug-likeness (QED) is 0.864. The molecule has 18 heavy (non-hydrogen) atoms. The molecule has 0 unspecified atom stereocenters. The minimum Gasteiger partial charge on any atom is -0.394 e. The summed E-state index contributed by atoms with van der Waals surface area (Å²) in [4.78, 5) is 0.161. The Morgan fingerprint density at radius 3 is 2.39 bits per heavy atom. The molecule has 1 atom stereocenters. The first-order chi connectivity index (χ1) is 8.53. The Bertz CT molecular complexity index is 649. The van der Waals surface area contributed by atoms with Crippen molar-refractivity contribution in [1.29, 1.82) is 0 Å². The Morgan fingerprint density at radius 1 is 1.06 bits per heavy atom. The maximum Gasteiger partial charge on any atom is 0.181 e. The van der Waals surface area contributed by atoms with Crippen LogP contribution in [-0.4, -0.2) is 37.1 Å². The molecule has 2 aromatic rings. The first-order valence-corrected chi connectivity index (χ1v) is 7.18. The highest BCUT2D eigenvalue weighted by Crippen LogP contribution is 2.20. The minimum atomic E-state index is -3.57. The molecule has 0 saturated carbocycles. The van der Waals surface area contributed by atoms with Gasteiger partial charge in [0.05, 0.1) is 23.4 Å². The summed E-state index contributed by atoms with van der Waals surface area (Å²) in [5.74, 6) is -0.470. The van der Waals surface area contributed by atoms with Gasteiger partial charge in [-0.05, 0) is 22.9 Å². The third kappa shape index (κ3) is 2.69. The fraction of sp³-hybridized carbons (Fsp3) is 0.231. The summed E-state index contributed by atoms with van der Waals surface area (Å²) in [5.41, 5.74) is 0. The second-order valence-corrected chi connectivity index (χ2v) is 6.16. The van der Waals surface area contributed by atoms with Crippen molar-refractivity contribution in [2.45, 2.75) is 11.0 Å². The molecule has 0 aliphatic heterocycles. The van der Waals surface area contributed by atoms with Gasteiger partial charge in [0.15, 0.2) is 9.84 Å². The molecule has 0 aromatic heterocycles. The van der Waals surface area contributed by atoms with Crippen LogP contribution in [0.1, 0.15) is 0 Å². The Kier molecular flexibility index (Phi) is 3.65. The van der Waals surface area contributed by atoms with Gasteiger partial charge in [-0.2, -0.15) is 0 Å². The highest BCUT2D eigenvalue weighted by molar-refractivity contribution is 7.91. The predicted molar refractivity (Wildman–Crippen MR) is 69.1 cm³/mol. The number of sulfone groups is 1. The van der Waals surface area contributed by atoms with Crippen molar-refractivity contribution >= 4 is 20.6 Å². The highest BCUT2D eigenvalue weighted by atomic mass is 32.2. The van der Waals surface area contributed by atoms with Crippen molar-refractivity contribution in [3.05, 3.63) is 42.5 Å². The van der Waals surface area contributed by atoms with E-state index in [2.05, 4.69) is 0 Å². The van der Waals surface area contributed by atoms with Gasteiger partial charge in [0.1, 0.15) is 0 Å². The maximum atomic E-state index is 12.0. The fourth-order valence-electron chi connectivity index (χ4n) is 1.76. The summed E-state index contributed by atoms with van der Waals surface area (Å²) < 4.78 is 23.9. The minimum absolute atomic E-state index is 0.161. The predicted octanol–water partition coefficient (Wildman–Crippen LogP) is 0.967. The van der Waals surface area contributed by atoms with Gasteiger partial charge in [0.2, 0.25) is 0 Å². The number of fused-ring (bicyclic) bond motifs is 1. The molecule has 0 fully saturated rings. The van der Waals surface area contributed by atoms with E-state index in [1.807, 2.05) is 24.3 Å². The molecular weight excluding hydrogens is 252 g/mol. The molecule has 2 rings (SSSR count). The topological polar surface area (TPSA) is 74.6 Å². The van der Waals surface area contributed by atoms with E-state index >= 15 is 0 Å². The number of aliphatic hydroxyl groups is 2. The lowest BCUT2D eigenvalue weighted by Gasteiger charge is -2.09. The monoisotopic (exact) mass is 266 g/mol. The van der Waals surface area contributed by atoms with Gasteiger partial charge in [0.25, 0.3) is 0 Å². The third-order valence-corrected chi connectivity index (χ3v) is 4.50. The first-order valence-electron chi connectivity index (χ1n) is 5.53. The van der Waals surface area contributed by atoms with Gasteiger partial charge in [-0.1, -0.05) is 30.3 Å². The molecule has 5 heteroatoms. The Morgan fingerprint density at radius 2 is 1.72 bits per heavy atom. The van der Waals surface area contributed by atoms with Crippen molar-refractivity contribution in [2.24, 2.45) is 0 Å². The molecule has 0 radical (unpaired) electrons. The average molecular weight is 266 g/mol. The summed E-state index contributed by atoms with van der Waals surface area (Å²) in [6.07, 6.45) is -1.25.